The number of hydrogen-bond acceptors (Lipinski definition) is 6. The van der Waals surface area contributed by atoms with E-state index in [1.165, 1.54) is 38.1 Å². The summed E-state index contributed by atoms with van der Waals surface area (Å²) >= 11 is 0. The second-order valence-corrected chi connectivity index (χ2v) is 7.48. The lowest BCUT2D eigenvalue weighted by Crippen LogP contribution is -2.27. The Morgan fingerprint density at radius 2 is 2.05 bits per heavy atom. The lowest BCUT2D eigenvalue weighted by Gasteiger charge is -2.26. The van der Waals surface area contributed by atoms with E-state index < -0.39 is 10.0 Å². The van der Waals surface area contributed by atoms with Crippen LogP contribution in [0.15, 0.2) is 17.3 Å². The van der Waals surface area contributed by atoms with E-state index in [0.29, 0.717) is 12.5 Å². The molecule has 1 heterocycles. The molecule has 7 nitrogen and oxygen atoms in total. The predicted octanol–water partition coefficient (Wildman–Crippen LogP) is 1.26. The van der Waals surface area contributed by atoms with Crippen LogP contribution in [0.3, 0.4) is 0 Å². The first-order valence-electron chi connectivity index (χ1n) is 7.29. The van der Waals surface area contributed by atoms with Gasteiger partial charge in [0.2, 0.25) is 16.0 Å². The molecule has 21 heavy (non-hydrogen) atoms. The topological polar surface area (TPSA) is 110 Å². The van der Waals surface area contributed by atoms with Crippen molar-refractivity contribution in [1.29, 1.82) is 0 Å². The molecule has 8 heteroatoms. The summed E-state index contributed by atoms with van der Waals surface area (Å²) in [5.41, 5.74) is 2.26. The summed E-state index contributed by atoms with van der Waals surface area (Å²) in [5.74, 6) is 6.70. The van der Waals surface area contributed by atoms with Crippen molar-refractivity contribution < 1.29 is 8.42 Å². The van der Waals surface area contributed by atoms with E-state index in [0.717, 1.165) is 12.3 Å². The molecule has 4 N–H and O–H groups in total. The highest BCUT2D eigenvalue weighted by atomic mass is 32.2. The third kappa shape index (κ3) is 4.62. The van der Waals surface area contributed by atoms with Crippen molar-refractivity contribution in [3.05, 3.63) is 12.4 Å². The number of aromatic nitrogens is 2. The van der Waals surface area contributed by atoms with Crippen LogP contribution < -0.4 is 16.0 Å². The maximum atomic E-state index is 12.1. The summed E-state index contributed by atoms with van der Waals surface area (Å²) in [4.78, 5) is 7.66. The largest absolute Gasteiger partial charge is 0.292 e. The minimum atomic E-state index is -3.54. The van der Waals surface area contributed by atoms with Gasteiger partial charge in [0.05, 0.1) is 12.4 Å². The maximum absolute atomic E-state index is 12.1. The Bertz CT molecular complexity index is 546. The van der Waals surface area contributed by atoms with Crippen LogP contribution in [-0.4, -0.2) is 24.9 Å². The number of hydrogen-bond donors (Lipinski definition) is 3. The Morgan fingerprint density at radius 3 is 2.67 bits per heavy atom. The number of nitrogens with one attached hydrogen (secondary N) is 2. The average molecular weight is 313 g/mol. The van der Waals surface area contributed by atoms with E-state index in [1.54, 1.807) is 0 Å². The van der Waals surface area contributed by atoms with Crippen molar-refractivity contribution in [3.8, 4) is 0 Å². The quantitative estimate of drug-likeness (QED) is 0.538. The Kier molecular flexibility index (Phi) is 5.49. The van der Waals surface area contributed by atoms with Crippen molar-refractivity contribution in [2.24, 2.45) is 17.7 Å². The standard InChI is InChI=1S/C13H23N5O2S/c1-10-3-2-4-11(7-10)5-6-17-21(19,20)12-8-15-13(18-14)16-9-12/h8-11,17H,2-7,14H2,1H3,(H,15,16,18). The molecule has 2 atom stereocenters. The molecular weight excluding hydrogens is 290 g/mol. The molecule has 0 saturated heterocycles. The van der Waals surface area contributed by atoms with Crippen LogP contribution in [0.2, 0.25) is 0 Å². The molecule has 2 rings (SSSR count). The lowest BCUT2D eigenvalue weighted by molar-refractivity contribution is 0.271. The summed E-state index contributed by atoms with van der Waals surface area (Å²) in [5, 5.41) is 0. The summed E-state index contributed by atoms with van der Waals surface area (Å²) in [6.07, 6.45) is 8.31. The van der Waals surface area contributed by atoms with Gasteiger partial charge in [0, 0.05) is 6.54 Å². The predicted molar refractivity (Wildman–Crippen MR) is 80.8 cm³/mol. The molecule has 1 saturated carbocycles. The SMILES string of the molecule is CC1CCCC(CCNS(=O)(=O)c2cnc(NN)nc2)C1. The minimum Gasteiger partial charge on any atom is -0.292 e. The molecule has 0 aliphatic heterocycles. The molecule has 1 aliphatic carbocycles. The number of rotatable bonds is 6. The molecule has 2 unspecified atom stereocenters. The normalized spacial score (nSPS) is 23.0. The van der Waals surface area contributed by atoms with Gasteiger partial charge in [-0.25, -0.2) is 29.0 Å². The zero-order chi connectivity index (χ0) is 15.3. The van der Waals surface area contributed by atoms with E-state index in [2.05, 4.69) is 27.0 Å². The smallest absolute Gasteiger partial charge is 0.243 e. The number of nitrogens with two attached hydrogens (primary N) is 1. The molecule has 0 bridgehead atoms. The first kappa shape index (κ1) is 16.1. The zero-order valence-electron chi connectivity index (χ0n) is 12.2. The fourth-order valence-electron chi connectivity index (χ4n) is 2.83. The number of nitrogens with zero attached hydrogens (tertiary/aromatic N) is 2. The first-order valence-corrected chi connectivity index (χ1v) is 8.78. The van der Waals surface area contributed by atoms with E-state index >= 15 is 0 Å². The van der Waals surface area contributed by atoms with Gasteiger partial charge in [-0.05, 0) is 24.7 Å². The van der Waals surface area contributed by atoms with E-state index in [9.17, 15) is 8.42 Å². The molecule has 118 valence electrons. The van der Waals surface area contributed by atoms with Crippen LogP contribution in [0, 0.1) is 11.8 Å². The van der Waals surface area contributed by atoms with Gasteiger partial charge in [-0.2, -0.15) is 0 Å². The van der Waals surface area contributed by atoms with Gasteiger partial charge in [0.1, 0.15) is 4.90 Å². The Balaban J connectivity index is 1.85. The molecule has 1 aromatic rings. The fraction of sp³-hybridized carbons (Fsp3) is 0.692. The second-order valence-electron chi connectivity index (χ2n) is 5.71. The first-order chi connectivity index (χ1) is 10.0. The van der Waals surface area contributed by atoms with Crippen LogP contribution in [0.1, 0.15) is 39.0 Å². The van der Waals surface area contributed by atoms with Crippen molar-refractivity contribution >= 4 is 16.0 Å². The highest BCUT2D eigenvalue weighted by Gasteiger charge is 2.20. The third-order valence-electron chi connectivity index (χ3n) is 3.96. The van der Waals surface area contributed by atoms with Crippen LogP contribution in [-0.2, 0) is 10.0 Å². The van der Waals surface area contributed by atoms with Crippen molar-refractivity contribution in [2.45, 2.75) is 43.9 Å². The molecule has 1 aliphatic rings. The van der Waals surface area contributed by atoms with Crippen molar-refractivity contribution in [1.82, 2.24) is 14.7 Å². The number of anilines is 1. The molecule has 0 amide bonds. The number of nitrogen functional groups attached to an aromatic ring is 1. The molecule has 0 aromatic carbocycles. The van der Waals surface area contributed by atoms with Gasteiger partial charge in [-0.3, -0.25) is 5.43 Å². The van der Waals surface area contributed by atoms with E-state index in [4.69, 9.17) is 5.84 Å². The van der Waals surface area contributed by atoms with Crippen LogP contribution >= 0.6 is 0 Å². The summed E-state index contributed by atoms with van der Waals surface area (Å²) in [6, 6.07) is 0. The van der Waals surface area contributed by atoms with Gasteiger partial charge in [-0.1, -0.05) is 26.2 Å². The van der Waals surface area contributed by atoms with Crippen molar-refractivity contribution in [3.63, 3.8) is 0 Å². The Hall–Kier alpha value is -1.25. The summed E-state index contributed by atoms with van der Waals surface area (Å²) in [6.45, 7) is 2.72. The van der Waals surface area contributed by atoms with Gasteiger partial charge >= 0.3 is 0 Å². The average Bonchev–Trinajstić information content (AvgIpc) is 2.47. The van der Waals surface area contributed by atoms with Crippen molar-refractivity contribution in [2.75, 3.05) is 12.0 Å². The van der Waals surface area contributed by atoms with Crippen LogP contribution in [0.4, 0.5) is 5.95 Å². The molecule has 0 radical (unpaired) electrons. The van der Waals surface area contributed by atoms with Gasteiger partial charge in [0.15, 0.2) is 0 Å². The molecular formula is C13H23N5O2S. The Labute approximate surface area is 125 Å². The maximum Gasteiger partial charge on any atom is 0.243 e. The van der Waals surface area contributed by atoms with E-state index in [-0.39, 0.29) is 10.8 Å². The highest BCUT2D eigenvalue weighted by molar-refractivity contribution is 7.89. The van der Waals surface area contributed by atoms with Crippen LogP contribution in [0.25, 0.3) is 0 Å². The zero-order valence-corrected chi connectivity index (χ0v) is 13.1. The van der Waals surface area contributed by atoms with E-state index in [1.807, 2.05) is 0 Å². The second kappa shape index (κ2) is 7.15. The Morgan fingerprint density at radius 1 is 1.33 bits per heavy atom. The molecule has 1 fully saturated rings. The molecule has 1 aromatic heterocycles. The molecule has 0 spiro atoms. The lowest BCUT2D eigenvalue weighted by atomic mass is 9.81. The van der Waals surface area contributed by atoms with Gasteiger partial charge < -0.3 is 0 Å². The fourth-order valence-corrected chi connectivity index (χ4v) is 3.77. The highest BCUT2D eigenvalue weighted by Crippen LogP contribution is 2.30. The van der Waals surface area contributed by atoms with Gasteiger partial charge in [0.25, 0.3) is 0 Å². The number of hydrazine groups is 1. The number of sulfonamides is 1. The third-order valence-corrected chi connectivity index (χ3v) is 5.37. The monoisotopic (exact) mass is 313 g/mol. The van der Waals surface area contributed by atoms with Crippen LogP contribution in [0.5, 0.6) is 0 Å². The minimum absolute atomic E-state index is 0.0542. The summed E-state index contributed by atoms with van der Waals surface area (Å²) in [7, 11) is -3.54. The van der Waals surface area contributed by atoms with Gasteiger partial charge in [-0.15, -0.1) is 0 Å². The summed E-state index contributed by atoms with van der Waals surface area (Å²) < 4.78 is 26.8.